The van der Waals surface area contributed by atoms with Gasteiger partial charge in [-0.15, -0.1) is 0 Å². The van der Waals surface area contributed by atoms with Gasteiger partial charge in [0.15, 0.2) is 0 Å². The van der Waals surface area contributed by atoms with Crippen LogP contribution in [-0.2, 0) is 9.09 Å². The Hall–Kier alpha value is -1.61. The highest BCUT2D eigenvalue weighted by molar-refractivity contribution is 7.46. The number of phosphoric acid groups is 1. The van der Waals surface area contributed by atoms with Gasteiger partial charge >= 0.3 is 13.5 Å². The molecule has 11 heteroatoms. The summed E-state index contributed by atoms with van der Waals surface area (Å²) in [4.78, 5) is 21.5. The monoisotopic (exact) mass is 326 g/mol. The van der Waals surface area contributed by atoms with Crippen LogP contribution in [0.15, 0.2) is 12.1 Å². The van der Waals surface area contributed by atoms with Gasteiger partial charge in [-0.3, -0.25) is 14.7 Å². The van der Waals surface area contributed by atoms with Gasteiger partial charge in [-0.1, -0.05) is 0 Å². The molecule has 0 aliphatic heterocycles. The lowest BCUT2D eigenvalue weighted by atomic mass is 10.3. The third kappa shape index (κ3) is 5.35. The second kappa shape index (κ2) is 6.90. The Morgan fingerprint density at radius 2 is 1.86 bits per heavy atom. The van der Waals surface area contributed by atoms with Crippen LogP contribution in [0.5, 0.6) is 5.75 Å². The third-order valence-electron chi connectivity index (χ3n) is 2.24. The number of quaternary nitrogens is 1. The number of benzene rings is 1. The molecule has 0 radical (unpaired) electrons. The number of halogens is 2. The van der Waals surface area contributed by atoms with Gasteiger partial charge in [-0.2, -0.15) is 8.78 Å². The molecular weight excluding hydrogens is 313 g/mol. The first-order valence-corrected chi connectivity index (χ1v) is 7.16. The van der Waals surface area contributed by atoms with Crippen LogP contribution in [0.3, 0.4) is 0 Å². The van der Waals surface area contributed by atoms with Crippen LogP contribution in [0.4, 0.5) is 14.5 Å². The standard InChI is InChI=1S/C10H13F2N2O6P/c1-13(2)3-4-19-21(17,18)20-7-5-8(11)10(14(15)16)9(12)6-7/h5-6H,3-4H2,1-2H3,(H,17,18). The van der Waals surface area contributed by atoms with Crippen LogP contribution in [-0.4, -0.2) is 32.2 Å². The maximum atomic E-state index is 13.3. The smallest absolute Gasteiger partial charge is 0.340 e. The molecule has 0 aliphatic carbocycles. The molecule has 0 aromatic heterocycles. The Bertz CT molecular complexity index is 560. The first-order valence-electron chi connectivity index (χ1n) is 5.70. The van der Waals surface area contributed by atoms with Crippen LogP contribution in [0.2, 0.25) is 0 Å². The summed E-state index contributed by atoms with van der Waals surface area (Å²) < 4.78 is 46.8. The molecule has 1 aromatic rings. The van der Waals surface area contributed by atoms with E-state index < -0.39 is 35.8 Å². The quantitative estimate of drug-likeness (QED) is 0.425. The van der Waals surface area contributed by atoms with Gasteiger partial charge in [0, 0.05) is 12.1 Å². The number of hydrogen-bond acceptors (Lipinski definition) is 6. The molecule has 1 rings (SSSR count). The molecular formula is C10H13F2N2O6P. The molecule has 118 valence electrons. The van der Waals surface area contributed by atoms with Gasteiger partial charge in [0.2, 0.25) is 11.6 Å². The first-order chi connectivity index (χ1) is 9.62. The highest BCUT2D eigenvalue weighted by Gasteiger charge is 2.24. The molecule has 0 saturated heterocycles. The Balaban J connectivity index is 2.83. The van der Waals surface area contributed by atoms with E-state index in [2.05, 4.69) is 9.05 Å². The van der Waals surface area contributed by atoms with Crippen molar-refractivity contribution < 1.29 is 37.1 Å². The van der Waals surface area contributed by atoms with E-state index in [0.29, 0.717) is 18.7 Å². The fourth-order valence-electron chi connectivity index (χ4n) is 1.29. The first kappa shape index (κ1) is 17.4. The minimum atomic E-state index is -4.82. The summed E-state index contributed by atoms with van der Waals surface area (Å²) in [6, 6.07) is 0.790. The maximum Gasteiger partial charge on any atom is 0.340 e. The number of phosphoric ester groups is 1. The topological polar surface area (TPSA) is 106 Å². The fraction of sp³-hybridized carbons (Fsp3) is 0.400. The Morgan fingerprint density at radius 1 is 1.33 bits per heavy atom. The predicted molar refractivity (Wildman–Crippen MR) is 64.9 cm³/mol. The van der Waals surface area contributed by atoms with Crippen LogP contribution in [0.25, 0.3) is 0 Å². The van der Waals surface area contributed by atoms with Crippen molar-refractivity contribution in [2.45, 2.75) is 0 Å². The normalized spacial score (nSPS) is 14.0. The van der Waals surface area contributed by atoms with Crippen molar-refractivity contribution in [3.05, 3.63) is 33.9 Å². The predicted octanol–water partition coefficient (Wildman–Crippen LogP) is -0.119. The summed E-state index contributed by atoms with van der Waals surface area (Å²) in [6.45, 7) is 0.180. The van der Waals surface area contributed by atoms with Gasteiger partial charge in [-0.25, -0.2) is 0 Å². The van der Waals surface area contributed by atoms with E-state index in [4.69, 9.17) is 0 Å². The van der Waals surface area contributed by atoms with Gasteiger partial charge in [0.25, 0.3) is 0 Å². The molecule has 1 N–H and O–H groups in total. The van der Waals surface area contributed by atoms with Crippen LogP contribution < -0.4 is 14.3 Å². The molecule has 0 saturated carbocycles. The highest BCUT2D eigenvalue weighted by atomic mass is 31.2. The highest BCUT2D eigenvalue weighted by Crippen LogP contribution is 2.40. The molecule has 0 bridgehead atoms. The summed E-state index contributed by atoms with van der Waals surface area (Å²) in [5.74, 6) is -3.84. The lowest BCUT2D eigenvalue weighted by Gasteiger charge is -2.23. The average Bonchev–Trinajstić information content (AvgIpc) is 2.24. The van der Waals surface area contributed by atoms with E-state index in [1.54, 1.807) is 14.1 Å². The second-order valence-corrected chi connectivity index (χ2v) is 5.66. The van der Waals surface area contributed by atoms with Gasteiger partial charge in [0.05, 0.1) is 19.0 Å². The third-order valence-corrected chi connectivity index (χ3v) is 3.17. The molecule has 8 nitrogen and oxygen atoms in total. The summed E-state index contributed by atoms with van der Waals surface area (Å²) in [7, 11) is -1.29. The van der Waals surface area contributed by atoms with E-state index in [-0.39, 0.29) is 6.61 Å². The molecule has 0 amide bonds. The number of likely N-dealkylation sites (N-methyl/N-ethyl adjacent to an activating group) is 1. The molecule has 0 fully saturated rings. The Morgan fingerprint density at radius 3 is 2.29 bits per heavy atom. The van der Waals surface area contributed by atoms with Crippen molar-refractivity contribution in [3.63, 3.8) is 0 Å². The van der Waals surface area contributed by atoms with E-state index >= 15 is 0 Å². The lowest BCUT2D eigenvalue weighted by molar-refractivity contribution is -0.858. The molecule has 1 aromatic carbocycles. The summed E-state index contributed by atoms with van der Waals surface area (Å²) in [6.07, 6.45) is 0. The van der Waals surface area contributed by atoms with E-state index in [9.17, 15) is 28.4 Å². The molecule has 21 heavy (non-hydrogen) atoms. The van der Waals surface area contributed by atoms with Gasteiger partial charge in [-0.05, 0) is 0 Å². The van der Waals surface area contributed by atoms with Crippen LogP contribution in [0.1, 0.15) is 0 Å². The number of nitro groups is 1. The number of nitrogens with one attached hydrogen (secondary N) is 1. The zero-order valence-electron chi connectivity index (χ0n) is 11.2. The maximum absolute atomic E-state index is 13.3. The summed E-state index contributed by atoms with van der Waals surface area (Å²) in [5, 5.41) is 10.4. The van der Waals surface area contributed by atoms with Crippen molar-refractivity contribution in [3.8, 4) is 5.75 Å². The fourth-order valence-corrected chi connectivity index (χ4v) is 2.02. The van der Waals surface area contributed by atoms with Gasteiger partial charge in [0.1, 0.15) is 18.9 Å². The lowest BCUT2D eigenvalue weighted by Crippen LogP contribution is -3.06. The molecule has 1 atom stereocenters. The number of rotatable bonds is 7. The van der Waals surface area contributed by atoms with Crippen LogP contribution >= 0.6 is 7.82 Å². The van der Waals surface area contributed by atoms with Crippen molar-refractivity contribution in [1.29, 1.82) is 0 Å². The Kier molecular flexibility index (Phi) is 5.73. The SMILES string of the molecule is C[NH+](C)CCOP(=O)([O-])Oc1cc(F)c([N+](=O)[O-])c(F)c1. The summed E-state index contributed by atoms with van der Waals surface area (Å²) in [5.41, 5.74) is -1.39. The van der Waals surface area contributed by atoms with Crippen LogP contribution in [0, 0.1) is 21.7 Å². The molecule has 0 heterocycles. The van der Waals surface area contributed by atoms with E-state index in [0.717, 1.165) is 4.90 Å². The van der Waals surface area contributed by atoms with Gasteiger partial charge < -0.3 is 18.8 Å². The average molecular weight is 326 g/mol. The molecule has 0 spiro atoms. The Labute approximate surface area is 118 Å². The zero-order valence-corrected chi connectivity index (χ0v) is 12.1. The molecule has 1 unspecified atom stereocenters. The zero-order chi connectivity index (χ0) is 16.2. The minimum absolute atomic E-state index is 0.180. The number of nitro benzene ring substituents is 1. The number of hydrogen-bond donors (Lipinski definition) is 1. The second-order valence-electron chi connectivity index (χ2n) is 4.32. The van der Waals surface area contributed by atoms with Crippen molar-refractivity contribution >= 4 is 13.5 Å². The van der Waals surface area contributed by atoms with Crippen molar-refractivity contribution in [2.75, 3.05) is 27.2 Å². The number of nitrogens with zero attached hydrogens (tertiary/aromatic N) is 1. The van der Waals surface area contributed by atoms with Crippen molar-refractivity contribution in [1.82, 2.24) is 0 Å². The van der Waals surface area contributed by atoms with Crippen molar-refractivity contribution in [2.24, 2.45) is 0 Å². The summed E-state index contributed by atoms with van der Waals surface area (Å²) >= 11 is 0. The molecule has 0 aliphatic rings. The van der Waals surface area contributed by atoms with E-state index in [1.165, 1.54) is 0 Å². The minimum Gasteiger partial charge on any atom is -0.746 e. The largest absolute Gasteiger partial charge is 0.746 e. The van der Waals surface area contributed by atoms with E-state index in [1.807, 2.05) is 0 Å².